The second-order valence-electron chi connectivity index (χ2n) is 7.18. The predicted octanol–water partition coefficient (Wildman–Crippen LogP) is 5.79. The summed E-state index contributed by atoms with van der Waals surface area (Å²) in [5.74, 6) is 1.30. The fraction of sp³-hybridized carbons (Fsp3) is 0.364. The Bertz CT molecular complexity index is 797. The van der Waals surface area contributed by atoms with E-state index >= 15 is 0 Å². The van der Waals surface area contributed by atoms with E-state index in [1.807, 2.05) is 55.5 Å². The monoisotopic (exact) mass is 367 g/mol. The molecule has 1 aliphatic rings. The highest BCUT2D eigenvalue weighted by atomic mass is 32.1. The fourth-order valence-corrected chi connectivity index (χ4v) is 3.40. The number of hydrogen-bond donors (Lipinski definition) is 1. The van der Waals surface area contributed by atoms with Gasteiger partial charge in [-0.05, 0) is 42.7 Å². The summed E-state index contributed by atoms with van der Waals surface area (Å²) in [5.41, 5.74) is 2.93. The van der Waals surface area contributed by atoms with Crippen molar-refractivity contribution in [1.29, 1.82) is 0 Å². The molecule has 0 aliphatic heterocycles. The number of thiocarbonyl (C=S) groups is 1. The van der Waals surface area contributed by atoms with Crippen molar-refractivity contribution in [3.8, 4) is 5.75 Å². The van der Waals surface area contributed by atoms with Gasteiger partial charge in [0.1, 0.15) is 5.75 Å². The predicted molar refractivity (Wildman–Crippen MR) is 109 cm³/mol. The molecule has 1 fully saturated rings. The number of para-hydroxylation sites is 1. The minimum Gasteiger partial charge on any atom is -0.409 e. The van der Waals surface area contributed by atoms with Gasteiger partial charge in [0, 0.05) is 10.4 Å². The second kappa shape index (κ2) is 8.00. The number of ether oxygens (including phenoxy) is 1. The van der Waals surface area contributed by atoms with Crippen LogP contribution in [0.5, 0.6) is 5.75 Å². The largest absolute Gasteiger partial charge is 0.413 e. The van der Waals surface area contributed by atoms with Crippen LogP contribution in [0.4, 0.5) is 4.79 Å². The third-order valence-corrected chi connectivity index (χ3v) is 5.26. The van der Waals surface area contributed by atoms with Gasteiger partial charge in [-0.2, -0.15) is 0 Å². The maximum Gasteiger partial charge on any atom is 0.413 e. The summed E-state index contributed by atoms with van der Waals surface area (Å²) in [7, 11) is 0. The first-order valence-electron chi connectivity index (χ1n) is 9.17. The van der Waals surface area contributed by atoms with Gasteiger partial charge in [0.05, 0.1) is 6.04 Å². The highest BCUT2D eigenvalue weighted by molar-refractivity contribution is 7.81. The molecular weight excluding hydrogens is 342 g/mol. The zero-order valence-electron chi connectivity index (χ0n) is 15.5. The highest BCUT2D eigenvalue weighted by Crippen LogP contribution is 2.39. The molecule has 0 bridgehead atoms. The van der Waals surface area contributed by atoms with E-state index in [1.165, 1.54) is 0 Å². The van der Waals surface area contributed by atoms with Crippen LogP contribution in [-0.2, 0) is 0 Å². The normalized spacial score (nSPS) is 14.8. The zero-order chi connectivity index (χ0) is 18.7. The standard InChI is InChI=1S/C22H25NO2S/c1-14(2)18-10-7-11-19(21(26)17-12-13-17)20(18)25-22(24)23-15(3)16-8-5-4-6-9-16/h4-11,14-15,17H,12-13H2,1-3H3,(H,23,24)/t15-/m1/s1. The number of nitrogens with one attached hydrogen (secondary N) is 1. The number of carbonyl (C=O) groups is 1. The smallest absolute Gasteiger partial charge is 0.409 e. The Morgan fingerprint density at radius 1 is 1.08 bits per heavy atom. The lowest BCUT2D eigenvalue weighted by molar-refractivity contribution is 0.196. The van der Waals surface area contributed by atoms with Gasteiger partial charge < -0.3 is 10.1 Å². The Hall–Kier alpha value is -2.20. The molecule has 1 saturated carbocycles. The SMILES string of the molecule is CC(C)c1cccc(C(=S)C2CC2)c1OC(=O)N[C@H](C)c1ccccc1. The van der Waals surface area contributed by atoms with Gasteiger partial charge in [-0.1, -0.05) is 74.6 Å². The lowest BCUT2D eigenvalue weighted by Gasteiger charge is -2.19. The molecule has 3 nitrogen and oxygen atoms in total. The van der Waals surface area contributed by atoms with E-state index in [9.17, 15) is 4.79 Å². The van der Waals surface area contributed by atoms with Crippen LogP contribution in [0.1, 0.15) is 62.3 Å². The summed E-state index contributed by atoms with van der Waals surface area (Å²) in [6.45, 7) is 6.13. The van der Waals surface area contributed by atoms with E-state index in [0.717, 1.165) is 34.4 Å². The highest BCUT2D eigenvalue weighted by Gasteiger charge is 2.30. The molecule has 0 saturated heterocycles. The molecule has 0 aromatic heterocycles. The van der Waals surface area contributed by atoms with Crippen LogP contribution in [0.25, 0.3) is 0 Å². The molecule has 0 radical (unpaired) electrons. The van der Waals surface area contributed by atoms with E-state index in [4.69, 9.17) is 17.0 Å². The van der Waals surface area contributed by atoms with Gasteiger partial charge in [0.15, 0.2) is 0 Å². The number of hydrogen-bond acceptors (Lipinski definition) is 3. The van der Waals surface area contributed by atoms with E-state index < -0.39 is 6.09 Å². The molecule has 1 aliphatic carbocycles. The molecule has 3 rings (SSSR count). The minimum absolute atomic E-state index is 0.131. The van der Waals surface area contributed by atoms with E-state index in [1.54, 1.807) is 0 Å². The zero-order valence-corrected chi connectivity index (χ0v) is 16.3. The van der Waals surface area contributed by atoms with Crippen LogP contribution in [0, 0.1) is 5.92 Å². The molecule has 1 atom stereocenters. The average molecular weight is 368 g/mol. The van der Waals surface area contributed by atoms with Crippen LogP contribution in [0.2, 0.25) is 0 Å². The molecule has 26 heavy (non-hydrogen) atoms. The number of amides is 1. The quantitative estimate of drug-likeness (QED) is 0.519. The number of benzene rings is 2. The van der Waals surface area contributed by atoms with Gasteiger partial charge in [0.25, 0.3) is 0 Å². The Morgan fingerprint density at radius 3 is 2.38 bits per heavy atom. The van der Waals surface area contributed by atoms with Crippen LogP contribution in [0.15, 0.2) is 48.5 Å². The summed E-state index contributed by atoms with van der Waals surface area (Å²) in [6.07, 6.45) is 1.80. The summed E-state index contributed by atoms with van der Waals surface area (Å²) in [5, 5.41) is 2.92. The first-order valence-corrected chi connectivity index (χ1v) is 9.58. The molecule has 4 heteroatoms. The molecule has 0 heterocycles. The topological polar surface area (TPSA) is 38.3 Å². The van der Waals surface area contributed by atoms with Crippen LogP contribution >= 0.6 is 12.2 Å². The number of rotatable bonds is 6. The van der Waals surface area contributed by atoms with Crippen molar-refractivity contribution in [3.63, 3.8) is 0 Å². The maximum atomic E-state index is 12.6. The fourth-order valence-electron chi connectivity index (χ4n) is 3.01. The number of carbonyl (C=O) groups excluding carboxylic acids is 1. The van der Waals surface area contributed by atoms with Crippen molar-refractivity contribution in [2.45, 2.75) is 45.6 Å². The van der Waals surface area contributed by atoms with Crippen molar-refractivity contribution in [2.75, 3.05) is 0 Å². The molecule has 2 aromatic carbocycles. The van der Waals surface area contributed by atoms with Crippen LogP contribution < -0.4 is 10.1 Å². The average Bonchev–Trinajstić information content (AvgIpc) is 3.47. The van der Waals surface area contributed by atoms with Gasteiger partial charge in [0.2, 0.25) is 0 Å². The Balaban J connectivity index is 1.81. The third kappa shape index (κ3) is 4.31. The Kier molecular flexibility index (Phi) is 5.72. The van der Waals surface area contributed by atoms with Crippen LogP contribution in [0.3, 0.4) is 0 Å². The molecule has 1 N–H and O–H groups in total. The summed E-state index contributed by atoms with van der Waals surface area (Å²) in [4.78, 5) is 13.5. The van der Waals surface area contributed by atoms with Crippen LogP contribution in [-0.4, -0.2) is 11.0 Å². The molecule has 0 spiro atoms. The first kappa shape index (κ1) is 18.6. The Labute approximate surface area is 160 Å². The molecular formula is C22H25NO2S. The lowest BCUT2D eigenvalue weighted by atomic mass is 9.96. The lowest BCUT2D eigenvalue weighted by Crippen LogP contribution is -2.30. The second-order valence-corrected chi connectivity index (χ2v) is 7.62. The summed E-state index contributed by atoms with van der Waals surface area (Å²) < 4.78 is 5.79. The van der Waals surface area contributed by atoms with Gasteiger partial charge in [-0.15, -0.1) is 0 Å². The van der Waals surface area contributed by atoms with E-state index in [2.05, 4.69) is 19.2 Å². The van der Waals surface area contributed by atoms with Crippen molar-refractivity contribution in [2.24, 2.45) is 5.92 Å². The Morgan fingerprint density at radius 2 is 1.77 bits per heavy atom. The van der Waals surface area contributed by atoms with Crippen molar-refractivity contribution < 1.29 is 9.53 Å². The first-order chi connectivity index (χ1) is 12.5. The van der Waals surface area contributed by atoms with Gasteiger partial charge in [-0.3, -0.25) is 0 Å². The van der Waals surface area contributed by atoms with Gasteiger partial charge >= 0.3 is 6.09 Å². The van der Waals surface area contributed by atoms with E-state index in [0.29, 0.717) is 11.7 Å². The van der Waals surface area contributed by atoms with Crippen molar-refractivity contribution in [1.82, 2.24) is 5.32 Å². The molecule has 0 unspecified atom stereocenters. The third-order valence-electron chi connectivity index (χ3n) is 4.71. The molecule has 136 valence electrons. The molecule has 2 aromatic rings. The minimum atomic E-state index is -0.450. The maximum absolute atomic E-state index is 12.6. The van der Waals surface area contributed by atoms with E-state index in [-0.39, 0.29) is 12.0 Å². The summed E-state index contributed by atoms with van der Waals surface area (Å²) in [6, 6.07) is 15.7. The van der Waals surface area contributed by atoms with Gasteiger partial charge in [-0.25, -0.2) is 4.79 Å². The van der Waals surface area contributed by atoms with Crippen molar-refractivity contribution >= 4 is 23.2 Å². The van der Waals surface area contributed by atoms with Crippen molar-refractivity contribution in [3.05, 3.63) is 65.2 Å². The summed E-state index contributed by atoms with van der Waals surface area (Å²) >= 11 is 5.65. The molecule has 1 amide bonds.